The van der Waals surface area contributed by atoms with Crippen LogP contribution < -0.4 is 10.1 Å². The van der Waals surface area contributed by atoms with Gasteiger partial charge in [0.2, 0.25) is 0 Å². The topological polar surface area (TPSA) is 30.5 Å². The molecule has 0 bridgehead atoms. The molecule has 1 aromatic rings. The fraction of sp³-hybridized carbons (Fsp3) is 0.647. The highest BCUT2D eigenvalue weighted by atomic mass is 16.5. The van der Waals surface area contributed by atoms with Crippen LogP contribution in [0.4, 0.5) is 0 Å². The molecule has 2 rings (SSSR count). The predicted octanol–water partition coefficient (Wildman–Crippen LogP) is 3.55. The number of para-hydroxylation sites is 1. The molecule has 0 spiro atoms. The number of nitrogens with one attached hydrogen (secondary N) is 1. The first kappa shape index (κ1) is 15.3. The van der Waals surface area contributed by atoms with Crippen LogP contribution in [0.3, 0.4) is 0 Å². The van der Waals surface area contributed by atoms with E-state index >= 15 is 0 Å². The minimum absolute atomic E-state index is 0.202. The highest BCUT2D eigenvalue weighted by molar-refractivity contribution is 5.36. The van der Waals surface area contributed by atoms with Gasteiger partial charge in [-0.1, -0.05) is 25.1 Å². The number of benzene rings is 1. The summed E-state index contributed by atoms with van der Waals surface area (Å²) < 4.78 is 11.5. The van der Waals surface area contributed by atoms with Crippen LogP contribution in [-0.2, 0) is 4.74 Å². The molecule has 0 saturated carbocycles. The Morgan fingerprint density at radius 1 is 1.25 bits per heavy atom. The molecular formula is C17H27NO2. The SMILES string of the molecule is CCNC(c1ccccc1OC(C)C)C1CCOCC1. The maximum atomic E-state index is 5.99. The number of ether oxygens (including phenoxy) is 2. The molecule has 1 unspecified atom stereocenters. The van der Waals surface area contributed by atoms with Crippen LogP contribution in [-0.4, -0.2) is 25.9 Å². The zero-order chi connectivity index (χ0) is 14.4. The summed E-state index contributed by atoms with van der Waals surface area (Å²) in [6, 6.07) is 8.79. The van der Waals surface area contributed by atoms with Crippen LogP contribution in [0.15, 0.2) is 24.3 Å². The van der Waals surface area contributed by atoms with Crippen molar-refractivity contribution in [3.05, 3.63) is 29.8 Å². The molecule has 1 N–H and O–H groups in total. The minimum atomic E-state index is 0.202. The highest BCUT2D eigenvalue weighted by Gasteiger charge is 2.27. The summed E-state index contributed by atoms with van der Waals surface area (Å²) >= 11 is 0. The average Bonchev–Trinajstić information content (AvgIpc) is 2.46. The second kappa shape index (κ2) is 7.65. The smallest absolute Gasteiger partial charge is 0.124 e. The summed E-state index contributed by atoms with van der Waals surface area (Å²) in [6.45, 7) is 9.04. The van der Waals surface area contributed by atoms with Crippen molar-refractivity contribution in [1.29, 1.82) is 0 Å². The third-order valence-electron chi connectivity index (χ3n) is 3.78. The Balaban J connectivity index is 2.23. The number of hydrogen-bond acceptors (Lipinski definition) is 3. The second-order valence-electron chi connectivity index (χ2n) is 5.69. The molecule has 0 amide bonds. The summed E-state index contributed by atoms with van der Waals surface area (Å²) in [5, 5.41) is 3.65. The van der Waals surface area contributed by atoms with E-state index in [0.29, 0.717) is 12.0 Å². The summed E-state index contributed by atoms with van der Waals surface area (Å²) in [5.41, 5.74) is 1.29. The van der Waals surface area contributed by atoms with Crippen LogP contribution in [0.5, 0.6) is 5.75 Å². The van der Waals surface area contributed by atoms with E-state index in [2.05, 4.69) is 44.3 Å². The lowest BCUT2D eigenvalue weighted by atomic mass is 9.86. The third-order valence-corrected chi connectivity index (χ3v) is 3.78. The predicted molar refractivity (Wildman–Crippen MR) is 82.2 cm³/mol. The Morgan fingerprint density at radius 2 is 1.95 bits per heavy atom. The largest absolute Gasteiger partial charge is 0.491 e. The van der Waals surface area contributed by atoms with E-state index in [4.69, 9.17) is 9.47 Å². The van der Waals surface area contributed by atoms with Gasteiger partial charge in [0.1, 0.15) is 5.75 Å². The normalized spacial score (nSPS) is 18.2. The van der Waals surface area contributed by atoms with Crippen molar-refractivity contribution >= 4 is 0 Å². The molecule has 1 fully saturated rings. The van der Waals surface area contributed by atoms with Crippen molar-refractivity contribution in [2.24, 2.45) is 5.92 Å². The fourth-order valence-corrected chi connectivity index (χ4v) is 2.90. The number of hydrogen-bond donors (Lipinski definition) is 1. The Morgan fingerprint density at radius 3 is 2.60 bits per heavy atom. The Kier molecular flexibility index (Phi) is 5.86. The Bertz CT molecular complexity index is 400. The molecule has 3 heteroatoms. The molecule has 1 heterocycles. The van der Waals surface area contributed by atoms with Crippen molar-refractivity contribution in [1.82, 2.24) is 5.32 Å². The Labute approximate surface area is 122 Å². The molecule has 0 aliphatic carbocycles. The standard InChI is InChI=1S/C17H27NO2/c1-4-18-17(14-9-11-19-12-10-14)15-7-5-6-8-16(15)20-13(2)3/h5-8,13-14,17-18H,4,9-12H2,1-3H3. The van der Waals surface area contributed by atoms with E-state index in [1.165, 1.54) is 5.56 Å². The van der Waals surface area contributed by atoms with E-state index in [-0.39, 0.29) is 6.10 Å². The van der Waals surface area contributed by atoms with E-state index in [0.717, 1.165) is 38.3 Å². The third kappa shape index (κ3) is 3.97. The van der Waals surface area contributed by atoms with Gasteiger partial charge >= 0.3 is 0 Å². The molecule has 1 aliphatic rings. The van der Waals surface area contributed by atoms with Crippen molar-refractivity contribution < 1.29 is 9.47 Å². The quantitative estimate of drug-likeness (QED) is 0.862. The van der Waals surface area contributed by atoms with E-state index in [1.54, 1.807) is 0 Å². The first-order chi connectivity index (χ1) is 9.72. The molecule has 1 saturated heterocycles. The van der Waals surface area contributed by atoms with Gasteiger partial charge in [0, 0.05) is 24.8 Å². The van der Waals surface area contributed by atoms with Crippen LogP contribution >= 0.6 is 0 Å². The highest BCUT2D eigenvalue weighted by Crippen LogP contribution is 2.35. The van der Waals surface area contributed by atoms with Gasteiger partial charge in [-0.05, 0) is 45.2 Å². The van der Waals surface area contributed by atoms with Gasteiger partial charge in [-0.15, -0.1) is 0 Å². The van der Waals surface area contributed by atoms with Crippen molar-refractivity contribution in [2.75, 3.05) is 19.8 Å². The van der Waals surface area contributed by atoms with Crippen molar-refractivity contribution in [2.45, 2.75) is 45.8 Å². The first-order valence-electron chi connectivity index (χ1n) is 7.79. The summed E-state index contributed by atoms with van der Waals surface area (Å²) in [6.07, 6.45) is 2.44. The van der Waals surface area contributed by atoms with Crippen molar-refractivity contribution in [3.8, 4) is 5.75 Å². The van der Waals surface area contributed by atoms with E-state index in [1.807, 2.05) is 6.07 Å². The molecule has 112 valence electrons. The molecule has 20 heavy (non-hydrogen) atoms. The van der Waals surface area contributed by atoms with Gasteiger partial charge in [-0.3, -0.25) is 0 Å². The molecule has 0 radical (unpaired) electrons. The van der Waals surface area contributed by atoms with Crippen LogP contribution in [0.2, 0.25) is 0 Å². The maximum absolute atomic E-state index is 5.99. The summed E-state index contributed by atoms with van der Waals surface area (Å²) in [7, 11) is 0. The first-order valence-corrected chi connectivity index (χ1v) is 7.79. The second-order valence-corrected chi connectivity index (χ2v) is 5.69. The lowest BCUT2D eigenvalue weighted by Crippen LogP contribution is -2.32. The monoisotopic (exact) mass is 277 g/mol. The van der Waals surface area contributed by atoms with E-state index in [9.17, 15) is 0 Å². The minimum Gasteiger partial charge on any atom is -0.491 e. The van der Waals surface area contributed by atoms with Gasteiger partial charge in [0.15, 0.2) is 0 Å². The molecule has 3 nitrogen and oxygen atoms in total. The van der Waals surface area contributed by atoms with Gasteiger partial charge in [-0.2, -0.15) is 0 Å². The van der Waals surface area contributed by atoms with E-state index < -0.39 is 0 Å². The van der Waals surface area contributed by atoms with Crippen LogP contribution in [0.1, 0.15) is 45.2 Å². The average molecular weight is 277 g/mol. The van der Waals surface area contributed by atoms with Crippen LogP contribution in [0, 0.1) is 5.92 Å². The molecule has 1 aromatic carbocycles. The van der Waals surface area contributed by atoms with Crippen molar-refractivity contribution in [3.63, 3.8) is 0 Å². The zero-order valence-electron chi connectivity index (χ0n) is 12.9. The Hall–Kier alpha value is -1.06. The molecule has 0 aromatic heterocycles. The van der Waals surface area contributed by atoms with Gasteiger partial charge < -0.3 is 14.8 Å². The maximum Gasteiger partial charge on any atom is 0.124 e. The lowest BCUT2D eigenvalue weighted by molar-refractivity contribution is 0.0532. The lowest BCUT2D eigenvalue weighted by Gasteiger charge is -2.32. The molecule has 1 aliphatic heterocycles. The van der Waals surface area contributed by atoms with Gasteiger partial charge in [0.05, 0.1) is 6.10 Å². The fourth-order valence-electron chi connectivity index (χ4n) is 2.90. The zero-order valence-corrected chi connectivity index (χ0v) is 12.9. The van der Waals surface area contributed by atoms with Gasteiger partial charge in [-0.25, -0.2) is 0 Å². The number of rotatable bonds is 6. The van der Waals surface area contributed by atoms with Gasteiger partial charge in [0.25, 0.3) is 0 Å². The molecular weight excluding hydrogens is 250 g/mol. The summed E-state index contributed by atoms with van der Waals surface area (Å²) in [5.74, 6) is 1.64. The molecule has 1 atom stereocenters. The summed E-state index contributed by atoms with van der Waals surface area (Å²) in [4.78, 5) is 0. The van der Waals surface area contributed by atoms with Crippen LogP contribution in [0.25, 0.3) is 0 Å².